The van der Waals surface area contributed by atoms with Crippen LogP contribution in [0.5, 0.6) is 0 Å². The minimum Gasteiger partial charge on any atom is -0.315 e. The summed E-state index contributed by atoms with van der Waals surface area (Å²) in [6.45, 7) is 3.48. The molecular formula is C15H18N4O3S. The molecule has 0 atom stereocenters. The Balaban J connectivity index is 1.80. The van der Waals surface area contributed by atoms with E-state index in [1.54, 1.807) is 25.8 Å². The van der Waals surface area contributed by atoms with E-state index in [-0.39, 0.29) is 17.3 Å². The fourth-order valence-corrected chi connectivity index (χ4v) is 4.20. The van der Waals surface area contributed by atoms with Gasteiger partial charge in [0.1, 0.15) is 4.90 Å². The molecule has 0 saturated heterocycles. The van der Waals surface area contributed by atoms with E-state index >= 15 is 0 Å². The van der Waals surface area contributed by atoms with Gasteiger partial charge in [-0.1, -0.05) is 12.1 Å². The first-order chi connectivity index (χ1) is 10.8. The molecule has 0 saturated carbocycles. The molecule has 2 aromatic rings. The van der Waals surface area contributed by atoms with Crippen molar-refractivity contribution >= 4 is 21.6 Å². The molecule has 3 rings (SSSR count). The number of likely N-dealkylation sites (N-methyl/N-ethyl adjacent to an activating group) is 1. The normalized spacial score (nSPS) is 14.4. The van der Waals surface area contributed by atoms with Crippen LogP contribution in [0.1, 0.15) is 22.5 Å². The highest BCUT2D eigenvalue weighted by molar-refractivity contribution is 7.89. The molecule has 1 amide bonds. The zero-order chi connectivity index (χ0) is 16.8. The Labute approximate surface area is 134 Å². The van der Waals surface area contributed by atoms with Gasteiger partial charge in [-0.2, -0.15) is 5.10 Å². The van der Waals surface area contributed by atoms with E-state index < -0.39 is 10.0 Å². The molecule has 1 aromatic carbocycles. The lowest BCUT2D eigenvalue weighted by molar-refractivity contribution is -0.117. The predicted octanol–water partition coefficient (Wildman–Crippen LogP) is 1.02. The number of fused-ring (bicyclic) bond motifs is 1. The molecule has 0 spiro atoms. The van der Waals surface area contributed by atoms with Crippen molar-refractivity contribution in [3.8, 4) is 0 Å². The third-order valence-electron chi connectivity index (χ3n) is 4.02. The van der Waals surface area contributed by atoms with Crippen LogP contribution in [0.25, 0.3) is 0 Å². The number of amides is 1. The summed E-state index contributed by atoms with van der Waals surface area (Å²) in [7, 11) is -1.90. The molecule has 1 aromatic heterocycles. The lowest BCUT2D eigenvalue weighted by atomic mass is 10.1. The predicted molar refractivity (Wildman–Crippen MR) is 85.6 cm³/mol. The van der Waals surface area contributed by atoms with Gasteiger partial charge in [-0.3, -0.25) is 9.89 Å². The summed E-state index contributed by atoms with van der Waals surface area (Å²) >= 11 is 0. The Hall–Kier alpha value is -2.19. The number of hydrogen-bond donors (Lipinski definition) is 2. The monoisotopic (exact) mass is 334 g/mol. The first-order valence-electron chi connectivity index (χ1n) is 7.19. The molecule has 122 valence electrons. The number of sulfonamides is 1. The van der Waals surface area contributed by atoms with E-state index in [9.17, 15) is 13.2 Å². The van der Waals surface area contributed by atoms with Gasteiger partial charge in [0.05, 0.1) is 17.8 Å². The van der Waals surface area contributed by atoms with Crippen molar-refractivity contribution in [2.45, 2.75) is 31.7 Å². The van der Waals surface area contributed by atoms with Crippen molar-refractivity contribution in [3.63, 3.8) is 0 Å². The fraction of sp³-hybridized carbons (Fsp3) is 0.333. The molecule has 2 heterocycles. The molecule has 1 aliphatic rings. The Morgan fingerprint density at radius 3 is 2.74 bits per heavy atom. The van der Waals surface area contributed by atoms with Gasteiger partial charge in [-0.25, -0.2) is 13.1 Å². The number of carbonyl (C=O) groups excluding carboxylic acids is 1. The first kappa shape index (κ1) is 15.7. The first-order valence-corrected chi connectivity index (χ1v) is 8.67. The molecule has 0 unspecified atom stereocenters. The molecule has 0 bridgehead atoms. The van der Waals surface area contributed by atoms with E-state index in [1.807, 2.05) is 18.2 Å². The highest BCUT2D eigenvalue weighted by Crippen LogP contribution is 2.28. The van der Waals surface area contributed by atoms with E-state index in [1.165, 1.54) is 0 Å². The van der Waals surface area contributed by atoms with Gasteiger partial charge in [0.2, 0.25) is 15.9 Å². The van der Waals surface area contributed by atoms with E-state index in [2.05, 4.69) is 14.9 Å². The minimum atomic E-state index is -3.63. The maximum Gasteiger partial charge on any atom is 0.244 e. The number of nitrogens with one attached hydrogen (secondary N) is 2. The Kier molecular flexibility index (Phi) is 3.73. The molecule has 0 fully saturated rings. The van der Waals surface area contributed by atoms with Gasteiger partial charge < -0.3 is 4.90 Å². The maximum atomic E-state index is 12.4. The van der Waals surface area contributed by atoms with Crippen molar-refractivity contribution in [1.82, 2.24) is 14.9 Å². The number of aromatic nitrogens is 2. The number of hydrogen-bond acceptors (Lipinski definition) is 4. The van der Waals surface area contributed by atoms with Gasteiger partial charge in [-0.15, -0.1) is 0 Å². The van der Waals surface area contributed by atoms with Gasteiger partial charge in [0.25, 0.3) is 0 Å². The van der Waals surface area contributed by atoms with Gasteiger partial charge >= 0.3 is 0 Å². The molecule has 0 aliphatic carbocycles. The number of rotatable bonds is 4. The number of aromatic amines is 1. The third-order valence-corrected chi connectivity index (χ3v) is 5.68. The van der Waals surface area contributed by atoms with Crippen LogP contribution in [-0.2, 0) is 27.8 Å². The van der Waals surface area contributed by atoms with Crippen LogP contribution in [0.15, 0.2) is 23.1 Å². The van der Waals surface area contributed by atoms with Crippen molar-refractivity contribution in [2.24, 2.45) is 0 Å². The van der Waals surface area contributed by atoms with Crippen LogP contribution in [-0.4, -0.2) is 31.6 Å². The number of aryl methyl sites for hydroxylation is 2. The van der Waals surface area contributed by atoms with Crippen LogP contribution >= 0.6 is 0 Å². The highest BCUT2D eigenvalue weighted by Gasteiger charge is 2.25. The van der Waals surface area contributed by atoms with E-state index in [4.69, 9.17) is 0 Å². The smallest absolute Gasteiger partial charge is 0.244 e. The van der Waals surface area contributed by atoms with Crippen molar-refractivity contribution < 1.29 is 13.2 Å². The van der Waals surface area contributed by atoms with Gasteiger partial charge in [0, 0.05) is 19.3 Å². The largest absolute Gasteiger partial charge is 0.315 e. The fourth-order valence-electron chi connectivity index (χ4n) is 2.82. The standard InChI is InChI=1S/C15H18N4O3S/c1-9-15(10(2)18-17-9)23(21,22)16-8-11-4-5-13-12(6-11)7-14(20)19(13)3/h4-6,16H,7-8H2,1-3H3,(H,17,18). The van der Waals surface area contributed by atoms with Crippen molar-refractivity contribution in [2.75, 3.05) is 11.9 Å². The van der Waals surface area contributed by atoms with Crippen molar-refractivity contribution in [3.05, 3.63) is 40.7 Å². The second kappa shape index (κ2) is 5.47. The van der Waals surface area contributed by atoms with Crippen LogP contribution in [0.4, 0.5) is 5.69 Å². The molecule has 1 aliphatic heterocycles. The zero-order valence-electron chi connectivity index (χ0n) is 13.2. The van der Waals surface area contributed by atoms with Gasteiger partial charge in [-0.05, 0) is 31.0 Å². The summed E-state index contributed by atoms with van der Waals surface area (Å²) in [4.78, 5) is 13.5. The van der Waals surface area contributed by atoms with Crippen molar-refractivity contribution in [1.29, 1.82) is 0 Å². The average Bonchev–Trinajstić information content (AvgIpc) is 2.97. The summed E-state index contributed by atoms with van der Waals surface area (Å²) in [5, 5.41) is 6.59. The second-order valence-corrected chi connectivity index (χ2v) is 7.38. The second-order valence-electron chi connectivity index (χ2n) is 5.68. The van der Waals surface area contributed by atoms with Gasteiger partial charge in [0.15, 0.2) is 0 Å². The van der Waals surface area contributed by atoms with Crippen LogP contribution in [0, 0.1) is 13.8 Å². The lowest BCUT2D eigenvalue weighted by Gasteiger charge is -2.11. The Morgan fingerprint density at radius 2 is 2.09 bits per heavy atom. The number of nitrogens with zero attached hydrogens (tertiary/aromatic N) is 2. The molecule has 7 nitrogen and oxygen atoms in total. The van der Waals surface area contributed by atoms with Crippen LogP contribution < -0.4 is 9.62 Å². The number of anilines is 1. The lowest BCUT2D eigenvalue weighted by Crippen LogP contribution is -2.24. The molecule has 23 heavy (non-hydrogen) atoms. The van der Waals surface area contributed by atoms with Crippen LogP contribution in [0.3, 0.4) is 0 Å². The zero-order valence-corrected chi connectivity index (χ0v) is 14.0. The minimum absolute atomic E-state index is 0.0439. The Bertz CT molecular complexity index is 867. The van der Waals surface area contributed by atoms with Crippen LogP contribution in [0.2, 0.25) is 0 Å². The average molecular weight is 334 g/mol. The summed E-state index contributed by atoms with van der Waals surface area (Å²) in [6.07, 6.45) is 0.354. The molecule has 2 N–H and O–H groups in total. The third kappa shape index (κ3) is 2.75. The highest BCUT2D eigenvalue weighted by atomic mass is 32.2. The molecule has 8 heteroatoms. The quantitative estimate of drug-likeness (QED) is 0.873. The van der Waals surface area contributed by atoms with E-state index in [0.717, 1.165) is 16.8 Å². The molecular weight excluding hydrogens is 316 g/mol. The summed E-state index contributed by atoms with van der Waals surface area (Å²) < 4.78 is 27.4. The number of benzene rings is 1. The summed E-state index contributed by atoms with van der Waals surface area (Å²) in [6, 6.07) is 5.54. The van der Waals surface area contributed by atoms with E-state index in [0.29, 0.717) is 17.8 Å². The summed E-state index contributed by atoms with van der Waals surface area (Å²) in [5.41, 5.74) is 3.56. The Morgan fingerprint density at radius 1 is 1.35 bits per heavy atom. The SMILES string of the molecule is Cc1n[nH]c(C)c1S(=O)(=O)NCc1ccc2c(c1)CC(=O)N2C. The topological polar surface area (TPSA) is 95.2 Å². The number of carbonyl (C=O) groups is 1. The summed E-state index contributed by atoms with van der Waals surface area (Å²) in [5.74, 6) is 0.0439. The number of H-pyrrole nitrogens is 1. The maximum absolute atomic E-state index is 12.4. The molecule has 0 radical (unpaired) electrons.